The molecule has 1 aromatic heterocycles. The monoisotopic (exact) mass is 632 g/mol. The van der Waals surface area contributed by atoms with Crippen LogP contribution in [0.2, 0.25) is 0 Å². The number of anilines is 1. The second-order valence-corrected chi connectivity index (χ2v) is 10.3. The van der Waals surface area contributed by atoms with Gasteiger partial charge in [-0.05, 0) is 25.3 Å². The highest BCUT2D eigenvalue weighted by atomic mass is 16.8. The number of aromatic nitrogens is 2. The summed E-state index contributed by atoms with van der Waals surface area (Å²) in [4.78, 5) is 78.2. The van der Waals surface area contributed by atoms with Crippen LogP contribution in [0.5, 0.6) is 0 Å². The van der Waals surface area contributed by atoms with Crippen molar-refractivity contribution in [2.45, 2.75) is 38.6 Å². The Morgan fingerprint density at radius 2 is 1.59 bits per heavy atom. The van der Waals surface area contributed by atoms with Gasteiger partial charge in [-0.15, -0.1) is 5.06 Å². The molecule has 2 heterocycles. The van der Waals surface area contributed by atoms with E-state index in [1.54, 1.807) is 31.2 Å². The lowest BCUT2D eigenvalue weighted by Crippen LogP contribution is -2.55. The summed E-state index contributed by atoms with van der Waals surface area (Å²) < 4.78 is 4.77. The molecule has 2 aromatic carbocycles. The van der Waals surface area contributed by atoms with Crippen LogP contribution in [0.3, 0.4) is 0 Å². The van der Waals surface area contributed by atoms with Crippen LogP contribution in [-0.2, 0) is 30.4 Å². The molecule has 0 spiro atoms. The number of aryl methyl sites for hydroxylation is 1. The van der Waals surface area contributed by atoms with Gasteiger partial charge in [0.2, 0.25) is 11.8 Å². The fraction of sp³-hybridized carbons (Fsp3) is 0.344. The third-order valence-electron chi connectivity index (χ3n) is 7.01. The molecule has 0 unspecified atom stereocenters. The van der Waals surface area contributed by atoms with Gasteiger partial charge in [-0.25, -0.2) is 14.8 Å². The van der Waals surface area contributed by atoms with Crippen LogP contribution in [0.4, 0.5) is 10.6 Å². The van der Waals surface area contributed by atoms with Gasteiger partial charge < -0.3 is 30.2 Å². The zero-order valence-corrected chi connectivity index (χ0v) is 25.4. The van der Waals surface area contributed by atoms with Crippen molar-refractivity contribution in [1.82, 2.24) is 25.2 Å². The van der Waals surface area contributed by atoms with Crippen LogP contribution in [0.1, 0.15) is 42.2 Å². The van der Waals surface area contributed by atoms with Gasteiger partial charge in [-0.3, -0.25) is 19.2 Å². The Balaban J connectivity index is 1.49. The lowest BCUT2D eigenvalue weighted by atomic mass is 10.1. The van der Waals surface area contributed by atoms with E-state index in [0.717, 1.165) is 5.56 Å². The van der Waals surface area contributed by atoms with Gasteiger partial charge in [-0.1, -0.05) is 60.7 Å². The number of rotatable bonds is 13. The molecule has 3 aromatic rings. The van der Waals surface area contributed by atoms with Gasteiger partial charge in [0, 0.05) is 37.6 Å². The molecular formula is C32H36N6O8. The third-order valence-corrected chi connectivity index (χ3v) is 7.01. The number of carbonyl (C=O) groups is 5. The Labute approximate surface area is 265 Å². The fourth-order valence-corrected chi connectivity index (χ4v) is 4.68. The van der Waals surface area contributed by atoms with Gasteiger partial charge in [0.25, 0.3) is 5.91 Å². The number of nitrogens with zero attached hydrogens (tertiary/aromatic N) is 4. The summed E-state index contributed by atoms with van der Waals surface area (Å²) in [5, 5.41) is 16.0. The number of aliphatic carboxylic acids is 1. The zero-order valence-electron chi connectivity index (χ0n) is 25.4. The van der Waals surface area contributed by atoms with Crippen LogP contribution in [0.25, 0.3) is 11.4 Å². The predicted octanol–water partition coefficient (Wildman–Crippen LogP) is 2.91. The maximum absolute atomic E-state index is 13.5. The van der Waals surface area contributed by atoms with Crippen LogP contribution >= 0.6 is 0 Å². The predicted molar refractivity (Wildman–Crippen MR) is 165 cm³/mol. The van der Waals surface area contributed by atoms with Crippen molar-refractivity contribution < 1.29 is 38.7 Å². The number of piperazine rings is 1. The molecular weight excluding hydrogens is 596 g/mol. The first-order valence-electron chi connectivity index (χ1n) is 14.9. The summed E-state index contributed by atoms with van der Waals surface area (Å²) in [6, 6.07) is 18.5. The van der Waals surface area contributed by atoms with Gasteiger partial charge in [0.15, 0.2) is 5.82 Å². The average molecular weight is 633 g/mol. The molecule has 14 heteroatoms. The molecule has 46 heavy (non-hydrogen) atoms. The standard InChI is InChI=1S/C32H36N6O8/c1-2-45-32(44)46-38-19-17-37(18-20-38)31(43)24(14-16-28(40)41)34-30(42)25-21-26(36-29(33-25)23-11-7-4-8-12-23)35-27(39)15-13-22-9-5-3-6-10-22/h3-12,21,24H,2,13-20H2,1H3,(H,34,42)(H,40,41)(H,33,35,36,39)/t24-/m0/s1. The summed E-state index contributed by atoms with van der Waals surface area (Å²) in [7, 11) is 0. The molecule has 4 rings (SSSR count). The Morgan fingerprint density at radius 3 is 2.24 bits per heavy atom. The molecule has 1 aliphatic rings. The molecule has 3 N–H and O–H groups in total. The highest BCUT2D eigenvalue weighted by Crippen LogP contribution is 2.19. The molecule has 1 aliphatic heterocycles. The van der Waals surface area contributed by atoms with Crippen molar-refractivity contribution in [1.29, 1.82) is 0 Å². The highest BCUT2D eigenvalue weighted by molar-refractivity contribution is 5.98. The van der Waals surface area contributed by atoms with E-state index >= 15 is 0 Å². The Hall–Kier alpha value is -5.37. The van der Waals surface area contributed by atoms with Crippen LogP contribution < -0.4 is 10.6 Å². The number of amides is 3. The minimum Gasteiger partial charge on any atom is -0.481 e. The van der Waals surface area contributed by atoms with Gasteiger partial charge in [-0.2, -0.15) is 0 Å². The van der Waals surface area contributed by atoms with E-state index in [2.05, 4.69) is 20.6 Å². The first-order valence-corrected chi connectivity index (χ1v) is 14.9. The maximum Gasteiger partial charge on any atom is 0.527 e. The first kappa shape index (κ1) is 33.5. The number of hydrogen-bond donors (Lipinski definition) is 3. The molecule has 0 radical (unpaired) electrons. The summed E-state index contributed by atoms with van der Waals surface area (Å²) in [5.74, 6) is -2.40. The lowest BCUT2D eigenvalue weighted by Gasteiger charge is -2.35. The molecule has 1 fully saturated rings. The molecule has 14 nitrogen and oxygen atoms in total. The minimum absolute atomic E-state index is 0.100. The normalized spacial score (nSPS) is 13.7. The average Bonchev–Trinajstić information content (AvgIpc) is 3.06. The summed E-state index contributed by atoms with van der Waals surface area (Å²) in [6.45, 7) is 2.54. The van der Waals surface area contributed by atoms with Crippen LogP contribution in [-0.4, -0.2) is 93.7 Å². The summed E-state index contributed by atoms with van der Waals surface area (Å²) >= 11 is 0. The number of ether oxygens (including phenoxy) is 1. The third kappa shape index (κ3) is 10.1. The van der Waals surface area contributed by atoms with Crippen molar-refractivity contribution in [2.75, 3.05) is 38.1 Å². The van der Waals surface area contributed by atoms with Gasteiger partial charge >= 0.3 is 12.1 Å². The number of nitrogens with one attached hydrogen (secondary N) is 2. The van der Waals surface area contributed by atoms with E-state index in [-0.39, 0.29) is 75.3 Å². The summed E-state index contributed by atoms with van der Waals surface area (Å²) in [5.41, 5.74) is 1.47. The van der Waals surface area contributed by atoms with Gasteiger partial charge in [0.05, 0.1) is 19.7 Å². The molecule has 0 saturated carbocycles. The number of hydroxylamine groups is 2. The van der Waals surface area contributed by atoms with Crippen molar-refractivity contribution in [3.63, 3.8) is 0 Å². The fourth-order valence-electron chi connectivity index (χ4n) is 4.68. The number of carboxylic acid groups (broad SMARTS) is 1. The second-order valence-electron chi connectivity index (χ2n) is 10.3. The molecule has 1 atom stereocenters. The van der Waals surface area contributed by atoms with Crippen LogP contribution in [0, 0.1) is 0 Å². The summed E-state index contributed by atoms with van der Waals surface area (Å²) in [6.07, 6.45) is -0.697. The van der Waals surface area contributed by atoms with E-state index in [4.69, 9.17) is 9.57 Å². The highest BCUT2D eigenvalue weighted by Gasteiger charge is 2.31. The second kappa shape index (κ2) is 16.6. The Kier molecular flexibility index (Phi) is 12.1. The van der Waals surface area contributed by atoms with E-state index in [1.165, 1.54) is 16.0 Å². The molecule has 0 aliphatic carbocycles. The maximum atomic E-state index is 13.5. The van der Waals surface area contributed by atoms with Crippen molar-refractivity contribution in [3.8, 4) is 11.4 Å². The van der Waals surface area contributed by atoms with E-state index in [9.17, 15) is 29.1 Å². The lowest BCUT2D eigenvalue weighted by molar-refractivity contribution is -0.157. The van der Waals surface area contributed by atoms with Crippen molar-refractivity contribution in [2.24, 2.45) is 0 Å². The SMILES string of the molecule is CCOC(=O)ON1CCN(C(=O)[C@H](CCC(=O)O)NC(=O)c2cc(NC(=O)CCc3ccccc3)nc(-c3ccccc3)n2)CC1. The van der Waals surface area contributed by atoms with E-state index in [1.807, 2.05) is 36.4 Å². The molecule has 3 amide bonds. The van der Waals surface area contributed by atoms with Crippen LogP contribution in [0.15, 0.2) is 66.7 Å². The van der Waals surface area contributed by atoms with E-state index in [0.29, 0.717) is 12.0 Å². The largest absolute Gasteiger partial charge is 0.527 e. The number of carboxylic acids is 1. The number of carbonyl (C=O) groups excluding carboxylic acids is 4. The molecule has 0 bridgehead atoms. The molecule has 242 valence electrons. The topological polar surface area (TPSA) is 180 Å². The zero-order chi connectivity index (χ0) is 32.9. The number of benzene rings is 2. The van der Waals surface area contributed by atoms with Crippen molar-refractivity contribution in [3.05, 3.63) is 78.0 Å². The van der Waals surface area contributed by atoms with Gasteiger partial charge in [0.1, 0.15) is 17.6 Å². The van der Waals surface area contributed by atoms with E-state index < -0.39 is 30.0 Å². The number of hydrogen-bond acceptors (Lipinski definition) is 10. The Bertz CT molecular complexity index is 1510. The Morgan fingerprint density at radius 1 is 0.913 bits per heavy atom. The quantitative estimate of drug-likeness (QED) is 0.236. The minimum atomic E-state index is -1.18. The smallest absolute Gasteiger partial charge is 0.481 e. The first-order chi connectivity index (χ1) is 22.2. The van der Waals surface area contributed by atoms with Crippen molar-refractivity contribution >= 4 is 35.7 Å². The molecule has 1 saturated heterocycles.